The molecule has 3 N–H and O–H groups in total. The maximum absolute atomic E-state index is 12.4. The van der Waals surface area contributed by atoms with E-state index >= 15 is 0 Å². The summed E-state index contributed by atoms with van der Waals surface area (Å²) in [4.78, 5) is 12.4. The van der Waals surface area contributed by atoms with Crippen LogP contribution in [0.3, 0.4) is 0 Å². The number of amides is 1. The van der Waals surface area contributed by atoms with Crippen LogP contribution in [0.1, 0.15) is 284 Å². The summed E-state index contributed by atoms with van der Waals surface area (Å²) >= 11 is 0. The zero-order valence-electron chi connectivity index (χ0n) is 40.5. The minimum absolute atomic E-state index is 0.0618. The molecule has 2 atom stereocenters. The Labute approximate surface area is 375 Å². The highest BCUT2D eigenvalue weighted by Gasteiger charge is 2.18. The molecular weight excluding hydrogens is 735 g/mol. The third-order valence-corrected chi connectivity index (χ3v) is 12.3. The van der Waals surface area contributed by atoms with Crippen molar-refractivity contribution in [1.82, 2.24) is 5.32 Å². The molecule has 0 spiro atoms. The van der Waals surface area contributed by atoms with Crippen LogP contribution in [0.25, 0.3) is 0 Å². The van der Waals surface area contributed by atoms with Crippen LogP contribution in [-0.2, 0) is 4.79 Å². The van der Waals surface area contributed by atoms with Gasteiger partial charge in [-0.25, -0.2) is 0 Å². The molecule has 0 aromatic carbocycles. The predicted molar refractivity (Wildman–Crippen MR) is 267 cm³/mol. The predicted octanol–water partition coefficient (Wildman–Crippen LogP) is 17.5. The monoisotopic (exact) mass is 840 g/mol. The Balaban J connectivity index is 3.49. The molecule has 0 aliphatic carbocycles. The van der Waals surface area contributed by atoms with Gasteiger partial charge in [-0.1, -0.05) is 268 Å². The molecule has 4 nitrogen and oxygen atoms in total. The van der Waals surface area contributed by atoms with Crippen LogP contribution in [-0.4, -0.2) is 34.9 Å². The van der Waals surface area contributed by atoms with E-state index in [1.165, 1.54) is 225 Å². The van der Waals surface area contributed by atoms with Gasteiger partial charge in [0.1, 0.15) is 0 Å². The summed E-state index contributed by atoms with van der Waals surface area (Å²) in [6.45, 7) is 4.32. The summed E-state index contributed by atoms with van der Waals surface area (Å²) in [5, 5.41) is 23.1. The van der Waals surface area contributed by atoms with Crippen molar-refractivity contribution in [3.05, 3.63) is 48.6 Å². The summed E-state index contributed by atoms with van der Waals surface area (Å²) < 4.78 is 0. The molecule has 0 bridgehead atoms. The van der Waals surface area contributed by atoms with Crippen molar-refractivity contribution in [2.45, 2.75) is 296 Å². The Bertz CT molecular complexity index is 954. The quantitative estimate of drug-likeness (QED) is 0.0422. The number of nitrogens with one attached hydrogen (secondary N) is 1. The Morgan fingerprint density at radius 1 is 0.400 bits per heavy atom. The Kier molecular flexibility index (Phi) is 50.3. The lowest BCUT2D eigenvalue weighted by Gasteiger charge is -2.20. The highest BCUT2D eigenvalue weighted by Crippen LogP contribution is 2.16. The maximum Gasteiger partial charge on any atom is 0.220 e. The van der Waals surface area contributed by atoms with Gasteiger partial charge in [0.05, 0.1) is 18.8 Å². The van der Waals surface area contributed by atoms with Crippen LogP contribution < -0.4 is 5.32 Å². The molecule has 0 fully saturated rings. The molecule has 4 heteroatoms. The minimum Gasteiger partial charge on any atom is -0.394 e. The number of allylic oxidation sites excluding steroid dienone is 7. The third-order valence-electron chi connectivity index (χ3n) is 12.3. The lowest BCUT2D eigenvalue weighted by Crippen LogP contribution is -2.45. The number of carbonyl (C=O) groups is 1. The number of aliphatic hydroxyl groups is 2. The number of aliphatic hydroxyl groups excluding tert-OH is 2. The van der Waals surface area contributed by atoms with E-state index < -0.39 is 12.1 Å². The lowest BCUT2D eigenvalue weighted by atomic mass is 10.0. The van der Waals surface area contributed by atoms with E-state index in [9.17, 15) is 15.0 Å². The van der Waals surface area contributed by atoms with E-state index in [1.54, 1.807) is 6.08 Å². The second kappa shape index (κ2) is 51.7. The molecule has 0 aliphatic heterocycles. The number of hydrogen-bond acceptors (Lipinski definition) is 3. The Morgan fingerprint density at radius 3 is 1.02 bits per heavy atom. The summed E-state index contributed by atoms with van der Waals surface area (Å²) in [7, 11) is 0. The largest absolute Gasteiger partial charge is 0.394 e. The van der Waals surface area contributed by atoms with Crippen LogP contribution in [0.4, 0.5) is 0 Å². The van der Waals surface area contributed by atoms with Gasteiger partial charge < -0.3 is 15.5 Å². The van der Waals surface area contributed by atoms with Gasteiger partial charge >= 0.3 is 0 Å². The average Bonchev–Trinajstić information content (AvgIpc) is 3.25. The number of carbonyl (C=O) groups excluding carboxylic acids is 1. The Hall–Kier alpha value is -1.65. The molecule has 0 aliphatic rings. The molecule has 60 heavy (non-hydrogen) atoms. The first kappa shape index (κ1) is 58.4. The van der Waals surface area contributed by atoms with E-state index in [0.717, 1.165) is 38.5 Å². The standard InChI is InChI=1S/C56H105NO3/c1-3-5-7-9-11-13-15-17-19-21-22-23-24-25-26-27-28-29-30-31-32-33-34-36-38-40-42-44-46-48-50-52-56(60)57-54(53-58)55(59)51-49-47-45-43-41-39-37-35-20-18-16-14-12-10-8-6-4-2/h15,17,21-22,24-25,49,51,54-55,58-59H,3-14,16,18-20,23,26-48,50,52-53H2,1-2H3,(H,57,60)/b17-15-,22-21-,25-24-,51-49+. The fourth-order valence-corrected chi connectivity index (χ4v) is 8.19. The summed E-state index contributed by atoms with van der Waals surface area (Å²) in [6, 6.07) is -0.622. The van der Waals surface area contributed by atoms with Crippen molar-refractivity contribution in [1.29, 1.82) is 0 Å². The summed E-state index contributed by atoms with van der Waals surface area (Å²) in [6.07, 6.45) is 71.1. The number of rotatable bonds is 49. The summed E-state index contributed by atoms with van der Waals surface area (Å²) in [5.74, 6) is -0.0618. The van der Waals surface area contributed by atoms with Crippen molar-refractivity contribution >= 4 is 5.91 Å². The zero-order valence-corrected chi connectivity index (χ0v) is 40.5. The lowest BCUT2D eigenvalue weighted by molar-refractivity contribution is -0.123. The van der Waals surface area contributed by atoms with Crippen molar-refractivity contribution in [3.63, 3.8) is 0 Å². The van der Waals surface area contributed by atoms with Gasteiger partial charge in [-0.05, 0) is 57.8 Å². The van der Waals surface area contributed by atoms with Crippen molar-refractivity contribution in [2.24, 2.45) is 0 Å². The van der Waals surface area contributed by atoms with Gasteiger partial charge in [0.25, 0.3) is 0 Å². The molecule has 1 amide bonds. The van der Waals surface area contributed by atoms with Crippen LogP contribution in [0.2, 0.25) is 0 Å². The fraction of sp³-hybridized carbons (Fsp3) is 0.839. The fourth-order valence-electron chi connectivity index (χ4n) is 8.19. The van der Waals surface area contributed by atoms with E-state index in [2.05, 4.69) is 55.6 Å². The summed E-state index contributed by atoms with van der Waals surface area (Å²) in [5.41, 5.74) is 0. The molecule has 2 unspecified atom stereocenters. The van der Waals surface area contributed by atoms with Crippen molar-refractivity contribution < 1.29 is 15.0 Å². The van der Waals surface area contributed by atoms with E-state index in [0.29, 0.717) is 6.42 Å². The van der Waals surface area contributed by atoms with Gasteiger partial charge in [0.15, 0.2) is 0 Å². The van der Waals surface area contributed by atoms with Gasteiger partial charge in [-0.15, -0.1) is 0 Å². The smallest absolute Gasteiger partial charge is 0.220 e. The Morgan fingerprint density at radius 2 is 0.683 bits per heavy atom. The second-order valence-corrected chi connectivity index (χ2v) is 18.3. The molecule has 352 valence electrons. The topological polar surface area (TPSA) is 69.6 Å². The number of unbranched alkanes of at least 4 members (excludes halogenated alkanes) is 36. The highest BCUT2D eigenvalue weighted by molar-refractivity contribution is 5.76. The van der Waals surface area contributed by atoms with Gasteiger partial charge in [-0.2, -0.15) is 0 Å². The molecule has 0 heterocycles. The molecule has 0 saturated heterocycles. The molecular formula is C56H105NO3. The first-order chi connectivity index (χ1) is 29.7. The van der Waals surface area contributed by atoms with Crippen molar-refractivity contribution in [3.8, 4) is 0 Å². The van der Waals surface area contributed by atoms with Crippen LogP contribution in [0.5, 0.6) is 0 Å². The van der Waals surface area contributed by atoms with Crippen LogP contribution in [0.15, 0.2) is 48.6 Å². The van der Waals surface area contributed by atoms with Gasteiger partial charge in [0.2, 0.25) is 5.91 Å². The average molecular weight is 840 g/mol. The molecule has 0 aromatic heterocycles. The zero-order chi connectivity index (χ0) is 43.5. The molecule has 0 rings (SSSR count). The van der Waals surface area contributed by atoms with Gasteiger partial charge in [0, 0.05) is 6.42 Å². The van der Waals surface area contributed by atoms with Crippen molar-refractivity contribution in [2.75, 3.05) is 6.61 Å². The van der Waals surface area contributed by atoms with Gasteiger partial charge in [-0.3, -0.25) is 4.79 Å². The first-order valence-electron chi connectivity index (χ1n) is 26.9. The third kappa shape index (κ3) is 47.4. The first-order valence-corrected chi connectivity index (χ1v) is 26.9. The normalized spacial score (nSPS) is 13.2. The molecule has 0 radical (unpaired) electrons. The van der Waals surface area contributed by atoms with E-state index in [4.69, 9.17) is 0 Å². The molecule has 0 saturated carbocycles. The van der Waals surface area contributed by atoms with Crippen LogP contribution >= 0.6 is 0 Å². The van der Waals surface area contributed by atoms with E-state index in [1.807, 2.05) is 6.08 Å². The highest BCUT2D eigenvalue weighted by atomic mass is 16.3. The number of hydrogen-bond donors (Lipinski definition) is 3. The maximum atomic E-state index is 12.4. The van der Waals surface area contributed by atoms with E-state index in [-0.39, 0.29) is 12.5 Å². The SMILES string of the molecule is CCCCCCC/C=C\C/C=C\C/C=C\CCCCCCCCCCCCCCCCCCC(=O)NC(CO)C(O)/C=C/CCCCCCCCCCCCCCCCC. The minimum atomic E-state index is -0.839. The second-order valence-electron chi connectivity index (χ2n) is 18.3. The molecule has 0 aromatic rings. The van der Waals surface area contributed by atoms with Crippen LogP contribution in [0, 0.1) is 0 Å².